The van der Waals surface area contributed by atoms with Crippen molar-refractivity contribution >= 4 is 17.7 Å². The summed E-state index contributed by atoms with van der Waals surface area (Å²) in [6.07, 6.45) is 1.38. The number of methoxy groups -OCH3 is 1. The van der Waals surface area contributed by atoms with E-state index >= 15 is 0 Å². The van der Waals surface area contributed by atoms with Crippen LogP contribution in [0.25, 0.3) is 0 Å². The maximum atomic E-state index is 10.8. The average molecular weight is 200 g/mol. The van der Waals surface area contributed by atoms with Crippen LogP contribution in [0.15, 0.2) is 0 Å². The Kier molecular flexibility index (Phi) is 7.62. The molecule has 74 valence electrons. The second-order valence-electron chi connectivity index (χ2n) is 2.64. The van der Waals surface area contributed by atoms with Crippen molar-refractivity contribution < 1.29 is 9.53 Å². The SMILES string of the molecule is CC#CCCSC(C)CC(=O)OC. The molecule has 0 N–H and O–H groups in total. The minimum absolute atomic E-state index is 0.137. The van der Waals surface area contributed by atoms with Gasteiger partial charge in [0.1, 0.15) is 0 Å². The van der Waals surface area contributed by atoms with E-state index in [-0.39, 0.29) is 5.97 Å². The molecule has 0 bridgehead atoms. The number of carbonyl (C=O) groups excluding carboxylic acids is 1. The number of esters is 1. The fourth-order valence-electron chi connectivity index (χ4n) is 0.813. The Bertz CT molecular complexity index is 203. The van der Waals surface area contributed by atoms with Gasteiger partial charge in [-0.15, -0.1) is 11.8 Å². The lowest BCUT2D eigenvalue weighted by Gasteiger charge is -2.07. The highest BCUT2D eigenvalue weighted by molar-refractivity contribution is 7.99. The van der Waals surface area contributed by atoms with Crippen LogP contribution < -0.4 is 0 Å². The van der Waals surface area contributed by atoms with Gasteiger partial charge in [-0.05, 0) is 6.92 Å². The molecule has 0 aliphatic rings. The molecule has 0 rings (SSSR count). The zero-order valence-electron chi connectivity index (χ0n) is 8.42. The molecule has 0 amide bonds. The van der Waals surface area contributed by atoms with Crippen molar-refractivity contribution in [2.75, 3.05) is 12.9 Å². The van der Waals surface area contributed by atoms with Crippen molar-refractivity contribution in [1.82, 2.24) is 0 Å². The Balaban J connectivity index is 3.43. The Labute approximate surface area is 84.4 Å². The van der Waals surface area contributed by atoms with Crippen LogP contribution in [0.1, 0.15) is 26.7 Å². The van der Waals surface area contributed by atoms with Crippen molar-refractivity contribution in [3.8, 4) is 11.8 Å². The van der Waals surface area contributed by atoms with Crippen molar-refractivity contribution in [3.05, 3.63) is 0 Å². The van der Waals surface area contributed by atoms with Gasteiger partial charge in [0, 0.05) is 17.4 Å². The fourth-order valence-corrected chi connectivity index (χ4v) is 1.69. The van der Waals surface area contributed by atoms with Gasteiger partial charge in [0.15, 0.2) is 0 Å². The first kappa shape index (κ1) is 12.4. The van der Waals surface area contributed by atoms with Crippen LogP contribution >= 0.6 is 11.8 Å². The van der Waals surface area contributed by atoms with Crippen LogP contribution in [-0.4, -0.2) is 24.1 Å². The molecule has 0 saturated carbocycles. The molecule has 1 unspecified atom stereocenters. The second-order valence-corrected chi connectivity index (χ2v) is 4.18. The van der Waals surface area contributed by atoms with Crippen LogP contribution in [0, 0.1) is 11.8 Å². The average Bonchev–Trinajstić information content (AvgIpc) is 2.12. The highest BCUT2D eigenvalue weighted by Crippen LogP contribution is 2.14. The molecule has 3 heteroatoms. The summed E-state index contributed by atoms with van der Waals surface area (Å²) in [6, 6.07) is 0. The summed E-state index contributed by atoms with van der Waals surface area (Å²) in [4.78, 5) is 10.8. The van der Waals surface area contributed by atoms with E-state index in [1.807, 2.05) is 13.8 Å². The van der Waals surface area contributed by atoms with Gasteiger partial charge in [0.05, 0.1) is 13.5 Å². The monoisotopic (exact) mass is 200 g/mol. The lowest BCUT2D eigenvalue weighted by molar-refractivity contribution is -0.140. The molecule has 0 fully saturated rings. The van der Waals surface area contributed by atoms with Gasteiger partial charge in [-0.25, -0.2) is 0 Å². The highest BCUT2D eigenvalue weighted by Gasteiger charge is 2.08. The van der Waals surface area contributed by atoms with Gasteiger partial charge in [0.2, 0.25) is 0 Å². The molecule has 0 heterocycles. The lowest BCUT2D eigenvalue weighted by atomic mass is 10.3. The summed E-state index contributed by atoms with van der Waals surface area (Å²) < 4.78 is 4.57. The third kappa shape index (κ3) is 7.73. The summed E-state index contributed by atoms with van der Waals surface area (Å²) in [5, 5.41) is 0.325. The molecular formula is C10H16O2S. The van der Waals surface area contributed by atoms with Gasteiger partial charge in [-0.1, -0.05) is 6.92 Å². The predicted octanol–water partition coefficient (Wildman–Crippen LogP) is 2.08. The normalized spacial score (nSPS) is 11.3. The topological polar surface area (TPSA) is 26.3 Å². The first-order valence-corrected chi connectivity index (χ1v) is 5.33. The quantitative estimate of drug-likeness (QED) is 0.386. The summed E-state index contributed by atoms with van der Waals surface area (Å²) in [5.74, 6) is 6.67. The van der Waals surface area contributed by atoms with E-state index in [4.69, 9.17) is 0 Å². The third-order valence-electron chi connectivity index (χ3n) is 1.49. The lowest BCUT2D eigenvalue weighted by Crippen LogP contribution is -2.08. The number of thioether (sulfide) groups is 1. The Morgan fingerprint density at radius 3 is 2.85 bits per heavy atom. The van der Waals surface area contributed by atoms with E-state index in [0.717, 1.165) is 12.2 Å². The predicted molar refractivity (Wildman–Crippen MR) is 56.6 cm³/mol. The molecule has 0 aromatic carbocycles. The number of hydrogen-bond acceptors (Lipinski definition) is 3. The molecular weight excluding hydrogens is 184 g/mol. The van der Waals surface area contributed by atoms with Crippen LogP contribution in [0.3, 0.4) is 0 Å². The molecule has 2 nitrogen and oxygen atoms in total. The van der Waals surface area contributed by atoms with Gasteiger partial charge in [-0.3, -0.25) is 4.79 Å². The molecule has 0 aliphatic carbocycles. The highest BCUT2D eigenvalue weighted by atomic mass is 32.2. The number of ether oxygens (including phenoxy) is 1. The smallest absolute Gasteiger partial charge is 0.306 e. The minimum atomic E-state index is -0.137. The molecule has 0 saturated heterocycles. The van der Waals surface area contributed by atoms with Crippen LogP contribution in [0.4, 0.5) is 0 Å². The third-order valence-corrected chi connectivity index (χ3v) is 2.66. The first-order valence-electron chi connectivity index (χ1n) is 4.28. The van der Waals surface area contributed by atoms with E-state index in [0.29, 0.717) is 11.7 Å². The Hall–Kier alpha value is -0.620. The Morgan fingerprint density at radius 2 is 2.31 bits per heavy atom. The van der Waals surface area contributed by atoms with Gasteiger partial charge >= 0.3 is 5.97 Å². The maximum Gasteiger partial charge on any atom is 0.306 e. The molecule has 0 aromatic heterocycles. The zero-order chi connectivity index (χ0) is 10.1. The van der Waals surface area contributed by atoms with E-state index in [2.05, 4.69) is 16.6 Å². The molecule has 0 spiro atoms. The van der Waals surface area contributed by atoms with E-state index in [1.54, 1.807) is 11.8 Å². The van der Waals surface area contributed by atoms with Gasteiger partial charge in [-0.2, -0.15) is 11.8 Å². The summed E-state index contributed by atoms with van der Waals surface area (Å²) in [6.45, 7) is 3.86. The summed E-state index contributed by atoms with van der Waals surface area (Å²) in [7, 11) is 1.42. The van der Waals surface area contributed by atoms with Crippen molar-refractivity contribution in [1.29, 1.82) is 0 Å². The Morgan fingerprint density at radius 1 is 1.62 bits per heavy atom. The molecule has 0 aromatic rings. The molecule has 0 radical (unpaired) electrons. The number of carbonyl (C=O) groups is 1. The number of rotatable bonds is 5. The van der Waals surface area contributed by atoms with E-state index in [9.17, 15) is 4.79 Å². The minimum Gasteiger partial charge on any atom is -0.469 e. The number of hydrogen-bond donors (Lipinski definition) is 0. The van der Waals surface area contributed by atoms with Crippen molar-refractivity contribution in [2.24, 2.45) is 0 Å². The summed E-state index contributed by atoms with van der Waals surface area (Å²) in [5.41, 5.74) is 0. The van der Waals surface area contributed by atoms with E-state index in [1.165, 1.54) is 7.11 Å². The standard InChI is InChI=1S/C10H16O2S/c1-4-5-6-7-13-9(2)8-10(11)12-3/h9H,6-8H2,1-3H3. The van der Waals surface area contributed by atoms with Gasteiger partial charge in [0.25, 0.3) is 0 Å². The summed E-state index contributed by atoms with van der Waals surface area (Å²) >= 11 is 1.76. The van der Waals surface area contributed by atoms with Gasteiger partial charge < -0.3 is 4.74 Å². The molecule has 1 atom stereocenters. The molecule has 13 heavy (non-hydrogen) atoms. The maximum absolute atomic E-state index is 10.8. The fraction of sp³-hybridized carbons (Fsp3) is 0.700. The second kappa shape index (κ2) is 8.00. The van der Waals surface area contributed by atoms with Crippen LogP contribution in [0.5, 0.6) is 0 Å². The molecule has 0 aliphatic heterocycles. The van der Waals surface area contributed by atoms with Crippen molar-refractivity contribution in [3.63, 3.8) is 0 Å². The van der Waals surface area contributed by atoms with Crippen molar-refractivity contribution in [2.45, 2.75) is 31.9 Å². The van der Waals surface area contributed by atoms with Crippen LogP contribution in [0.2, 0.25) is 0 Å². The first-order chi connectivity index (χ1) is 6.20. The zero-order valence-corrected chi connectivity index (χ0v) is 9.24. The van der Waals surface area contributed by atoms with E-state index < -0.39 is 0 Å². The van der Waals surface area contributed by atoms with Crippen LogP contribution in [-0.2, 0) is 9.53 Å². The largest absolute Gasteiger partial charge is 0.469 e.